The monoisotopic (exact) mass is 444 g/mol. The highest BCUT2D eigenvalue weighted by Crippen LogP contribution is 2.32. The average molecular weight is 445 g/mol. The number of anilines is 1. The number of halogens is 1. The second kappa shape index (κ2) is 9.10. The molecule has 33 heavy (non-hydrogen) atoms. The van der Waals surface area contributed by atoms with Gasteiger partial charge in [-0.25, -0.2) is 14.4 Å². The molecular weight excluding hydrogens is 419 g/mol. The summed E-state index contributed by atoms with van der Waals surface area (Å²) in [6, 6.07) is 16.3. The number of nitrogens with zero attached hydrogens (tertiary/aromatic N) is 4. The Hall–Kier alpha value is -3.61. The summed E-state index contributed by atoms with van der Waals surface area (Å²) >= 11 is 0. The average Bonchev–Trinajstić information content (AvgIpc) is 2.84. The normalized spacial score (nSPS) is 18.2. The number of benzene rings is 2. The van der Waals surface area contributed by atoms with Crippen molar-refractivity contribution in [3.8, 4) is 0 Å². The number of carbonyl (C=O) groups is 2. The maximum absolute atomic E-state index is 13.4. The van der Waals surface area contributed by atoms with Crippen molar-refractivity contribution in [1.29, 1.82) is 0 Å². The van der Waals surface area contributed by atoms with Crippen LogP contribution >= 0.6 is 0 Å². The van der Waals surface area contributed by atoms with Crippen molar-refractivity contribution in [2.75, 3.05) is 31.1 Å². The molecule has 3 aromatic rings. The van der Waals surface area contributed by atoms with E-state index in [0.29, 0.717) is 56.1 Å². The standard InChI is InChI=1S/C26H25FN4O2/c27-21-8-4-5-18(13-21)14-25(33)30-9-11-31(12-10-30)26-28-17-22-23(29-26)15-20(16-24(22)32)19-6-2-1-3-7-19/h1-8,13,17,20H,9-12,14-16H2. The molecule has 0 bridgehead atoms. The lowest BCUT2D eigenvalue weighted by Gasteiger charge is -2.35. The van der Waals surface area contributed by atoms with Gasteiger partial charge in [0.25, 0.3) is 0 Å². The van der Waals surface area contributed by atoms with E-state index < -0.39 is 0 Å². The molecule has 168 valence electrons. The lowest BCUT2D eigenvalue weighted by molar-refractivity contribution is -0.130. The van der Waals surface area contributed by atoms with Crippen molar-refractivity contribution in [2.45, 2.75) is 25.2 Å². The van der Waals surface area contributed by atoms with Gasteiger partial charge < -0.3 is 9.80 Å². The number of carbonyl (C=O) groups excluding carboxylic acids is 2. The van der Waals surface area contributed by atoms with Crippen molar-refractivity contribution >= 4 is 17.6 Å². The SMILES string of the molecule is O=C1CC(c2ccccc2)Cc2nc(N3CCN(C(=O)Cc4cccc(F)c4)CC3)ncc21. The zero-order valence-electron chi connectivity index (χ0n) is 18.3. The number of hydrogen-bond acceptors (Lipinski definition) is 5. The fourth-order valence-electron chi connectivity index (χ4n) is 4.64. The molecule has 1 aliphatic carbocycles. The quantitative estimate of drug-likeness (QED) is 0.617. The Bertz CT molecular complexity index is 1180. The van der Waals surface area contributed by atoms with E-state index in [1.807, 2.05) is 18.2 Å². The van der Waals surface area contributed by atoms with Gasteiger partial charge in [0, 0.05) is 38.8 Å². The second-order valence-electron chi connectivity index (χ2n) is 8.64. The Balaban J connectivity index is 1.24. The first-order valence-corrected chi connectivity index (χ1v) is 11.3. The van der Waals surface area contributed by atoms with Gasteiger partial charge in [0.2, 0.25) is 11.9 Å². The fourth-order valence-corrected chi connectivity index (χ4v) is 4.64. The molecule has 2 heterocycles. The molecule has 6 nitrogen and oxygen atoms in total. The van der Waals surface area contributed by atoms with Crippen molar-refractivity contribution in [3.05, 3.63) is 89.0 Å². The molecule has 0 N–H and O–H groups in total. The van der Waals surface area contributed by atoms with Gasteiger partial charge in [-0.15, -0.1) is 0 Å². The van der Waals surface area contributed by atoms with Crippen LogP contribution in [0.3, 0.4) is 0 Å². The maximum Gasteiger partial charge on any atom is 0.227 e. The van der Waals surface area contributed by atoms with E-state index in [-0.39, 0.29) is 29.8 Å². The summed E-state index contributed by atoms with van der Waals surface area (Å²) in [5.74, 6) is 0.480. The van der Waals surface area contributed by atoms with E-state index >= 15 is 0 Å². The van der Waals surface area contributed by atoms with E-state index in [2.05, 4.69) is 22.0 Å². The Labute approximate surface area is 192 Å². The zero-order valence-corrected chi connectivity index (χ0v) is 18.3. The van der Waals surface area contributed by atoms with Gasteiger partial charge in [-0.1, -0.05) is 42.5 Å². The van der Waals surface area contributed by atoms with E-state index in [9.17, 15) is 14.0 Å². The van der Waals surface area contributed by atoms with Crippen molar-refractivity contribution in [3.63, 3.8) is 0 Å². The van der Waals surface area contributed by atoms with E-state index in [1.165, 1.54) is 12.1 Å². The number of aromatic nitrogens is 2. The smallest absolute Gasteiger partial charge is 0.227 e. The Morgan fingerprint density at radius 1 is 1.00 bits per heavy atom. The molecule has 1 fully saturated rings. The van der Waals surface area contributed by atoms with Crippen molar-refractivity contribution < 1.29 is 14.0 Å². The highest BCUT2D eigenvalue weighted by atomic mass is 19.1. The second-order valence-corrected chi connectivity index (χ2v) is 8.64. The molecule has 7 heteroatoms. The molecule has 0 saturated carbocycles. The van der Waals surface area contributed by atoms with Crippen molar-refractivity contribution in [2.24, 2.45) is 0 Å². The third kappa shape index (κ3) is 4.62. The topological polar surface area (TPSA) is 66.4 Å². The first kappa shape index (κ1) is 21.2. The summed E-state index contributed by atoms with van der Waals surface area (Å²) in [4.78, 5) is 38.4. The maximum atomic E-state index is 13.4. The first-order valence-electron chi connectivity index (χ1n) is 11.3. The number of ketones is 1. The zero-order chi connectivity index (χ0) is 22.8. The molecule has 1 saturated heterocycles. The van der Waals surface area contributed by atoms with Crippen LogP contribution in [0.2, 0.25) is 0 Å². The van der Waals surface area contributed by atoms with Crippen LogP contribution in [0.4, 0.5) is 10.3 Å². The van der Waals surface area contributed by atoms with Crippen LogP contribution in [0.1, 0.15) is 39.5 Å². The number of Topliss-reactive ketones (excluding diaryl/α,β-unsaturated/α-hetero) is 1. The van der Waals surface area contributed by atoms with Gasteiger partial charge >= 0.3 is 0 Å². The number of amides is 1. The molecule has 1 aromatic heterocycles. The fraction of sp³-hybridized carbons (Fsp3) is 0.308. The van der Waals surface area contributed by atoms with Crippen molar-refractivity contribution in [1.82, 2.24) is 14.9 Å². The Kier molecular flexibility index (Phi) is 5.86. The lowest BCUT2D eigenvalue weighted by Crippen LogP contribution is -2.49. The lowest BCUT2D eigenvalue weighted by atomic mass is 9.82. The molecule has 0 radical (unpaired) electrons. The number of hydrogen-bond donors (Lipinski definition) is 0. The van der Waals surface area contributed by atoms with Crippen LogP contribution < -0.4 is 4.90 Å². The molecule has 0 spiro atoms. The van der Waals surface area contributed by atoms with E-state index in [0.717, 1.165) is 11.3 Å². The van der Waals surface area contributed by atoms with Crippen LogP contribution in [-0.2, 0) is 17.6 Å². The highest BCUT2D eigenvalue weighted by molar-refractivity contribution is 5.98. The van der Waals surface area contributed by atoms with Gasteiger partial charge in [-0.2, -0.15) is 0 Å². The summed E-state index contributed by atoms with van der Waals surface area (Å²) in [7, 11) is 0. The van der Waals surface area contributed by atoms with Gasteiger partial charge in [0.1, 0.15) is 5.82 Å². The van der Waals surface area contributed by atoms with Crippen LogP contribution in [-0.4, -0.2) is 52.7 Å². The Morgan fingerprint density at radius 3 is 2.55 bits per heavy atom. The van der Waals surface area contributed by atoms with Crippen LogP contribution in [0.15, 0.2) is 60.8 Å². The predicted molar refractivity (Wildman–Crippen MR) is 123 cm³/mol. The third-order valence-corrected chi connectivity index (χ3v) is 6.46. The number of rotatable bonds is 4. The van der Waals surface area contributed by atoms with Crippen LogP contribution in [0.5, 0.6) is 0 Å². The predicted octanol–water partition coefficient (Wildman–Crippen LogP) is 3.42. The minimum atomic E-state index is -0.331. The molecule has 1 atom stereocenters. The highest BCUT2D eigenvalue weighted by Gasteiger charge is 2.29. The number of fused-ring (bicyclic) bond motifs is 1. The minimum absolute atomic E-state index is 0.0112. The van der Waals surface area contributed by atoms with E-state index in [1.54, 1.807) is 23.2 Å². The first-order chi connectivity index (χ1) is 16.1. The minimum Gasteiger partial charge on any atom is -0.339 e. The molecule has 1 unspecified atom stereocenters. The van der Waals surface area contributed by atoms with Gasteiger partial charge in [-0.3, -0.25) is 9.59 Å². The molecular formula is C26H25FN4O2. The van der Waals surface area contributed by atoms with Gasteiger partial charge in [-0.05, 0) is 35.6 Å². The largest absolute Gasteiger partial charge is 0.339 e. The summed E-state index contributed by atoms with van der Waals surface area (Å²) in [5, 5.41) is 0. The van der Waals surface area contributed by atoms with Crippen LogP contribution in [0.25, 0.3) is 0 Å². The molecule has 1 amide bonds. The molecule has 1 aliphatic heterocycles. The van der Waals surface area contributed by atoms with Gasteiger partial charge in [0.15, 0.2) is 5.78 Å². The Morgan fingerprint density at radius 2 is 1.79 bits per heavy atom. The molecule has 2 aromatic carbocycles. The molecule has 2 aliphatic rings. The summed E-state index contributed by atoms with van der Waals surface area (Å²) in [6.07, 6.45) is 3.04. The third-order valence-electron chi connectivity index (χ3n) is 6.46. The van der Waals surface area contributed by atoms with Gasteiger partial charge in [0.05, 0.1) is 17.7 Å². The summed E-state index contributed by atoms with van der Waals surface area (Å²) < 4.78 is 13.4. The van der Waals surface area contributed by atoms with Crippen LogP contribution in [0, 0.1) is 5.82 Å². The summed E-state index contributed by atoms with van der Waals surface area (Å²) in [6.45, 7) is 2.34. The number of piperazine rings is 1. The van der Waals surface area contributed by atoms with E-state index in [4.69, 9.17) is 4.98 Å². The summed E-state index contributed by atoms with van der Waals surface area (Å²) in [5.41, 5.74) is 3.25. The molecule has 5 rings (SSSR count).